The second kappa shape index (κ2) is 15.7. The van der Waals surface area contributed by atoms with E-state index in [0.717, 1.165) is 70.1 Å². The monoisotopic (exact) mass is 638 g/mol. The molecule has 0 radical (unpaired) electrons. The number of amides is 2. The van der Waals surface area contributed by atoms with Gasteiger partial charge in [0.25, 0.3) is 0 Å². The van der Waals surface area contributed by atoms with Crippen LogP contribution < -0.4 is 9.60 Å². The fraction of sp³-hybridized carbons (Fsp3) is 0.438. The smallest absolute Gasteiger partial charge is 0.325 e. The number of benzene rings is 2. The Labute approximate surface area is 263 Å². The minimum Gasteiger partial charge on any atom is -0.468 e. The molecular formula is C32H38N4O6S2. The fourth-order valence-electron chi connectivity index (χ4n) is 5.05. The number of hydrogen-bond acceptors (Lipinski definition) is 8. The SMILES string of the molecule is COC(=O)Cn1c(=NC(=O)CCCCCCCCC(=O)N=c2sc3cccc(C)c3n2CC(=O)OC)sc2cccc(C)c21. The van der Waals surface area contributed by atoms with Gasteiger partial charge in [-0.05, 0) is 49.9 Å². The third-order valence-corrected chi connectivity index (χ3v) is 9.39. The van der Waals surface area contributed by atoms with E-state index in [0.29, 0.717) is 22.4 Å². The van der Waals surface area contributed by atoms with Gasteiger partial charge < -0.3 is 18.6 Å². The summed E-state index contributed by atoms with van der Waals surface area (Å²) in [6, 6.07) is 11.7. The first-order chi connectivity index (χ1) is 21.2. The summed E-state index contributed by atoms with van der Waals surface area (Å²) in [4.78, 5) is 59.0. The molecule has 0 spiro atoms. The molecule has 0 aliphatic rings. The molecule has 4 rings (SSSR count). The number of ether oxygens (including phenoxy) is 2. The first-order valence-electron chi connectivity index (χ1n) is 14.7. The van der Waals surface area contributed by atoms with E-state index in [2.05, 4.69) is 9.98 Å². The van der Waals surface area contributed by atoms with Gasteiger partial charge in [0.2, 0.25) is 11.8 Å². The molecule has 12 heteroatoms. The largest absolute Gasteiger partial charge is 0.468 e. The number of para-hydroxylation sites is 2. The van der Waals surface area contributed by atoms with Crippen LogP contribution in [0.15, 0.2) is 46.4 Å². The lowest BCUT2D eigenvalue weighted by Gasteiger charge is -2.05. The number of carbonyl (C=O) groups is 4. The molecule has 2 amide bonds. The number of aromatic nitrogens is 2. The highest BCUT2D eigenvalue weighted by atomic mass is 32.1. The van der Waals surface area contributed by atoms with Crippen LogP contribution in [-0.2, 0) is 41.7 Å². The number of aryl methyl sites for hydroxylation is 2. The summed E-state index contributed by atoms with van der Waals surface area (Å²) >= 11 is 2.78. The Kier molecular flexibility index (Phi) is 11.8. The van der Waals surface area contributed by atoms with Crippen LogP contribution in [-0.4, -0.2) is 47.1 Å². The van der Waals surface area contributed by atoms with Crippen molar-refractivity contribution >= 4 is 66.9 Å². The second-order valence-corrected chi connectivity index (χ2v) is 12.6. The summed E-state index contributed by atoms with van der Waals surface area (Å²) in [7, 11) is 2.69. The van der Waals surface area contributed by atoms with Crippen molar-refractivity contribution in [2.24, 2.45) is 9.98 Å². The van der Waals surface area contributed by atoms with E-state index < -0.39 is 11.9 Å². The van der Waals surface area contributed by atoms with Crippen molar-refractivity contribution in [3.05, 3.63) is 57.1 Å². The molecule has 0 aliphatic carbocycles. The Bertz CT molecular complexity index is 1680. The van der Waals surface area contributed by atoms with Crippen molar-refractivity contribution in [3.8, 4) is 0 Å². The van der Waals surface area contributed by atoms with Gasteiger partial charge in [-0.1, -0.05) is 72.6 Å². The molecule has 0 fully saturated rings. The van der Waals surface area contributed by atoms with E-state index in [1.807, 2.05) is 50.2 Å². The predicted molar refractivity (Wildman–Crippen MR) is 171 cm³/mol. The molecule has 0 atom stereocenters. The Morgan fingerprint density at radius 2 is 1.02 bits per heavy atom. The molecule has 0 saturated heterocycles. The fourth-order valence-corrected chi connectivity index (χ4v) is 7.30. The zero-order valence-corrected chi connectivity index (χ0v) is 27.2. The molecule has 0 aliphatic heterocycles. The van der Waals surface area contributed by atoms with Crippen molar-refractivity contribution in [1.29, 1.82) is 0 Å². The number of carbonyl (C=O) groups excluding carboxylic acids is 4. The van der Waals surface area contributed by atoms with Crippen LogP contribution in [0.5, 0.6) is 0 Å². The van der Waals surface area contributed by atoms with E-state index in [-0.39, 0.29) is 24.9 Å². The Morgan fingerprint density at radius 3 is 1.41 bits per heavy atom. The molecule has 0 bridgehead atoms. The maximum absolute atomic E-state index is 12.7. The molecule has 10 nitrogen and oxygen atoms in total. The molecule has 2 aromatic heterocycles. The predicted octanol–water partition coefficient (Wildman–Crippen LogP) is 5.36. The normalized spacial score (nSPS) is 12.3. The summed E-state index contributed by atoms with van der Waals surface area (Å²) in [6.45, 7) is 3.93. The van der Waals surface area contributed by atoms with Gasteiger partial charge in [-0.15, -0.1) is 0 Å². The van der Waals surface area contributed by atoms with Crippen molar-refractivity contribution in [2.75, 3.05) is 14.2 Å². The van der Waals surface area contributed by atoms with Crippen LogP contribution in [0.4, 0.5) is 0 Å². The number of methoxy groups -OCH3 is 2. The highest BCUT2D eigenvalue weighted by Crippen LogP contribution is 2.22. The van der Waals surface area contributed by atoms with Gasteiger partial charge in [0.1, 0.15) is 13.1 Å². The minimum atomic E-state index is -0.394. The molecule has 234 valence electrons. The quantitative estimate of drug-likeness (QED) is 0.144. The van der Waals surface area contributed by atoms with Gasteiger partial charge in [0.05, 0.1) is 34.7 Å². The number of esters is 2. The van der Waals surface area contributed by atoms with E-state index in [1.54, 1.807) is 9.13 Å². The molecule has 2 heterocycles. The maximum Gasteiger partial charge on any atom is 0.325 e. The third-order valence-electron chi connectivity index (χ3n) is 7.31. The molecule has 0 saturated carbocycles. The van der Waals surface area contributed by atoms with Gasteiger partial charge >= 0.3 is 11.9 Å². The molecule has 0 N–H and O–H groups in total. The molecule has 4 aromatic rings. The number of hydrogen-bond donors (Lipinski definition) is 0. The zero-order chi connectivity index (χ0) is 31.6. The first kappa shape index (κ1) is 33.0. The number of thiazole rings is 2. The summed E-state index contributed by atoms with van der Waals surface area (Å²) in [6.07, 6.45) is 5.82. The molecular weight excluding hydrogens is 601 g/mol. The van der Waals surface area contributed by atoms with Gasteiger partial charge in [0, 0.05) is 12.8 Å². The standard InChI is InChI=1S/C32H38N4O6S2/c1-21-13-11-15-23-29(21)35(19-27(39)41-3)31(43-23)33-25(37)17-9-7-5-6-8-10-18-26(38)34-32-36(20-28(40)42-4)30-22(2)14-12-16-24(30)44-32/h11-16H,5-10,17-20H2,1-4H3. The second-order valence-electron chi connectivity index (χ2n) is 10.6. The molecule has 0 unspecified atom stereocenters. The number of rotatable bonds is 13. The van der Waals surface area contributed by atoms with Crippen molar-refractivity contribution in [2.45, 2.75) is 78.3 Å². The Hall–Kier alpha value is -3.90. The van der Waals surface area contributed by atoms with Crippen LogP contribution in [0, 0.1) is 13.8 Å². The molecule has 44 heavy (non-hydrogen) atoms. The third kappa shape index (κ3) is 8.38. The van der Waals surface area contributed by atoms with Gasteiger partial charge in [-0.25, -0.2) is 0 Å². The number of fused-ring (bicyclic) bond motifs is 2. The van der Waals surface area contributed by atoms with Gasteiger partial charge in [-0.2, -0.15) is 9.98 Å². The van der Waals surface area contributed by atoms with Crippen molar-refractivity contribution in [1.82, 2.24) is 9.13 Å². The van der Waals surface area contributed by atoms with Crippen LogP contribution in [0.25, 0.3) is 20.4 Å². The van der Waals surface area contributed by atoms with E-state index in [1.165, 1.54) is 36.9 Å². The average Bonchev–Trinajstić information content (AvgIpc) is 3.52. The maximum atomic E-state index is 12.7. The summed E-state index contributed by atoms with van der Waals surface area (Å²) < 4.78 is 15.1. The van der Waals surface area contributed by atoms with Crippen molar-refractivity contribution < 1.29 is 28.7 Å². The van der Waals surface area contributed by atoms with Crippen LogP contribution >= 0.6 is 22.7 Å². The van der Waals surface area contributed by atoms with E-state index in [9.17, 15) is 19.2 Å². The summed E-state index contributed by atoms with van der Waals surface area (Å²) in [5, 5.41) is 0. The average molecular weight is 639 g/mol. The molecule has 2 aromatic carbocycles. The Balaban J connectivity index is 1.24. The van der Waals surface area contributed by atoms with Crippen LogP contribution in [0.3, 0.4) is 0 Å². The van der Waals surface area contributed by atoms with Gasteiger partial charge in [-0.3, -0.25) is 19.2 Å². The van der Waals surface area contributed by atoms with E-state index >= 15 is 0 Å². The minimum absolute atomic E-state index is 0.000496. The van der Waals surface area contributed by atoms with E-state index in [4.69, 9.17) is 9.47 Å². The topological polar surface area (TPSA) is 121 Å². The summed E-state index contributed by atoms with van der Waals surface area (Å²) in [5.41, 5.74) is 3.79. The van der Waals surface area contributed by atoms with Gasteiger partial charge in [0.15, 0.2) is 9.60 Å². The lowest BCUT2D eigenvalue weighted by molar-refractivity contribution is -0.142. The number of nitrogens with zero attached hydrogens (tertiary/aromatic N) is 4. The highest BCUT2D eigenvalue weighted by Gasteiger charge is 2.15. The zero-order valence-electron chi connectivity index (χ0n) is 25.6. The first-order valence-corrected chi connectivity index (χ1v) is 16.3. The van der Waals surface area contributed by atoms with Crippen molar-refractivity contribution in [3.63, 3.8) is 0 Å². The Morgan fingerprint density at radius 1 is 0.636 bits per heavy atom. The summed E-state index contributed by atoms with van der Waals surface area (Å²) in [5.74, 6) is -1.20. The highest BCUT2D eigenvalue weighted by molar-refractivity contribution is 7.16. The lowest BCUT2D eigenvalue weighted by Crippen LogP contribution is -2.22. The number of unbranched alkanes of at least 4 members (excludes halogenated alkanes) is 5. The van der Waals surface area contributed by atoms with Crippen LogP contribution in [0.2, 0.25) is 0 Å². The lowest BCUT2D eigenvalue weighted by atomic mass is 10.1. The van der Waals surface area contributed by atoms with Crippen LogP contribution in [0.1, 0.15) is 62.5 Å².